The van der Waals surface area contributed by atoms with Gasteiger partial charge < -0.3 is 9.80 Å². The first-order valence-electron chi connectivity index (χ1n) is 6.51. The maximum atomic E-state index is 3.52. The zero-order chi connectivity index (χ0) is 10.7. The fraction of sp³-hybridized carbons (Fsp3) is 1.00. The molecule has 0 amide bonds. The molecule has 2 bridgehead atoms. The van der Waals surface area contributed by atoms with Gasteiger partial charge in [0.15, 0.2) is 0 Å². The van der Waals surface area contributed by atoms with E-state index in [2.05, 4.69) is 24.1 Å². The van der Waals surface area contributed by atoms with E-state index in [1.54, 1.807) is 0 Å². The highest BCUT2D eigenvalue weighted by Gasteiger charge is 2.37. The van der Waals surface area contributed by atoms with Crippen LogP contribution in [-0.4, -0.2) is 67.8 Å². The third-order valence-corrected chi connectivity index (χ3v) is 4.03. The number of hydrogen-bond donors (Lipinski definition) is 1. The second kappa shape index (κ2) is 4.81. The van der Waals surface area contributed by atoms with E-state index >= 15 is 0 Å². The summed E-state index contributed by atoms with van der Waals surface area (Å²) in [4.78, 5) is 2.62. The summed E-state index contributed by atoms with van der Waals surface area (Å²) in [5.41, 5.74) is 0. The van der Waals surface area contributed by atoms with Gasteiger partial charge in [0, 0.05) is 38.6 Å². The first kappa shape index (κ1) is 11.4. The molecular formula is C12H26N3+. The molecule has 1 N–H and O–H groups in total. The molecule has 3 nitrogen and oxygen atoms in total. The molecule has 3 fully saturated rings. The van der Waals surface area contributed by atoms with Gasteiger partial charge in [-0.25, -0.2) is 0 Å². The summed E-state index contributed by atoms with van der Waals surface area (Å²) < 4.78 is 1.41. The number of fused-ring (bicyclic) bond motifs is 3. The largest absolute Gasteiger partial charge is 0.320 e. The molecule has 3 aliphatic heterocycles. The van der Waals surface area contributed by atoms with E-state index in [0.717, 1.165) is 0 Å². The third-order valence-electron chi connectivity index (χ3n) is 4.03. The standard InChI is InChI=1S/C12H26N3/c1-12(2)13-4-3-8-15-9-5-14(6-10-15)7-11-15/h12-13H,3-11H2,1-2H3/q+1. The van der Waals surface area contributed by atoms with Crippen LogP contribution in [0.5, 0.6) is 0 Å². The summed E-state index contributed by atoms with van der Waals surface area (Å²) >= 11 is 0. The smallest absolute Gasteiger partial charge is 0.0916 e. The van der Waals surface area contributed by atoms with Gasteiger partial charge in [-0.3, -0.25) is 4.90 Å². The molecule has 0 saturated carbocycles. The SMILES string of the molecule is CC(C)NCCC[N+]12CCN(CC1)CC2. The van der Waals surface area contributed by atoms with Crippen molar-refractivity contribution in [2.75, 3.05) is 52.4 Å². The van der Waals surface area contributed by atoms with Gasteiger partial charge in [0.25, 0.3) is 0 Å². The molecule has 0 spiro atoms. The van der Waals surface area contributed by atoms with Crippen molar-refractivity contribution < 1.29 is 4.48 Å². The van der Waals surface area contributed by atoms with Crippen LogP contribution in [0, 0.1) is 0 Å². The van der Waals surface area contributed by atoms with Gasteiger partial charge in [-0.05, 0) is 0 Å². The van der Waals surface area contributed by atoms with E-state index in [1.165, 1.54) is 63.3 Å². The van der Waals surface area contributed by atoms with Crippen molar-refractivity contribution in [3.05, 3.63) is 0 Å². The van der Waals surface area contributed by atoms with E-state index in [9.17, 15) is 0 Å². The fourth-order valence-corrected chi connectivity index (χ4v) is 2.87. The summed E-state index contributed by atoms with van der Waals surface area (Å²) in [6, 6.07) is 0.642. The van der Waals surface area contributed by atoms with Gasteiger partial charge in [-0.15, -0.1) is 0 Å². The monoisotopic (exact) mass is 212 g/mol. The lowest BCUT2D eigenvalue weighted by molar-refractivity contribution is -0.941. The predicted molar refractivity (Wildman–Crippen MR) is 63.9 cm³/mol. The second-order valence-electron chi connectivity index (χ2n) is 5.54. The minimum atomic E-state index is 0.642. The minimum Gasteiger partial charge on any atom is -0.320 e. The molecule has 15 heavy (non-hydrogen) atoms. The first-order chi connectivity index (χ1) is 7.20. The normalized spacial score (nSPS) is 35.0. The van der Waals surface area contributed by atoms with Crippen LogP contribution in [0.4, 0.5) is 0 Å². The Morgan fingerprint density at radius 1 is 1.13 bits per heavy atom. The first-order valence-corrected chi connectivity index (χ1v) is 6.51. The highest BCUT2D eigenvalue weighted by molar-refractivity contribution is 4.71. The Labute approximate surface area is 94.0 Å². The third kappa shape index (κ3) is 2.92. The van der Waals surface area contributed by atoms with Crippen molar-refractivity contribution in [1.82, 2.24) is 10.2 Å². The fourth-order valence-electron chi connectivity index (χ4n) is 2.87. The molecule has 3 heteroatoms. The number of rotatable bonds is 5. The van der Waals surface area contributed by atoms with Gasteiger partial charge >= 0.3 is 0 Å². The van der Waals surface area contributed by atoms with Crippen molar-refractivity contribution >= 4 is 0 Å². The summed E-state index contributed by atoms with van der Waals surface area (Å²) in [5, 5.41) is 3.52. The van der Waals surface area contributed by atoms with Gasteiger partial charge in [-0.2, -0.15) is 0 Å². The summed E-state index contributed by atoms with van der Waals surface area (Å²) in [6.07, 6.45) is 1.35. The molecule has 0 aliphatic carbocycles. The molecule has 88 valence electrons. The quantitative estimate of drug-likeness (QED) is 0.528. The Hall–Kier alpha value is -0.120. The van der Waals surface area contributed by atoms with Crippen LogP contribution in [-0.2, 0) is 0 Å². The summed E-state index contributed by atoms with van der Waals surface area (Å²) in [6.45, 7) is 15.3. The number of nitrogens with one attached hydrogen (secondary N) is 1. The highest BCUT2D eigenvalue weighted by atomic mass is 15.4. The zero-order valence-electron chi connectivity index (χ0n) is 10.3. The van der Waals surface area contributed by atoms with Crippen LogP contribution in [0.25, 0.3) is 0 Å². The van der Waals surface area contributed by atoms with Gasteiger partial charge in [0.1, 0.15) is 0 Å². The van der Waals surface area contributed by atoms with Crippen molar-refractivity contribution in [3.8, 4) is 0 Å². The lowest BCUT2D eigenvalue weighted by Gasteiger charge is -2.50. The average Bonchev–Trinajstić information content (AvgIpc) is 2.27. The van der Waals surface area contributed by atoms with Crippen molar-refractivity contribution in [2.24, 2.45) is 0 Å². The van der Waals surface area contributed by atoms with Gasteiger partial charge in [0.05, 0.1) is 26.2 Å². The van der Waals surface area contributed by atoms with E-state index in [1.807, 2.05) is 0 Å². The van der Waals surface area contributed by atoms with Crippen LogP contribution < -0.4 is 5.32 Å². The van der Waals surface area contributed by atoms with Gasteiger partial charge in [0.2, 0.25) is 0 Å². The Morgan fingerprint density at radius 3 is 2.27 bits per heavy atom. The van der Waals surface area contributed by atoms with Crippen LogP contribution in [0.1, 0.15) is 20.3 Å². The Morgan fingerprint density at radius 2 is 1.73 bits per heavy atom. The van der Waals surface area contributed by atoms with E-state index in [4.69, 9.17) is 0 Å². The highest BCUT2D eigenvalue weighted by Crippen LogP contribution is 2.19. The molecular weight excluding hydrogens is 186 g/mol. The molecule has 0 aromatic carbocycles. The molecule has 3 rings (SSSR count). The second-order valence-corrected chi connectivity index (χ2v) is 5.54. The molecule has 3 heterocycles. The van der Waals surface area contributed by atoms with Crippen molar-refractivity contribution in [1.29, 1.82) is 0 Å². The van der Waals surface area contributed by atoms with Crippen molar-refractivity contribution in [3.63, 3.8) is 0 Å². The molecule has 0 atom stereocenters. The number of nitrogens with zero attached hydrogens (tertiary/aromatic N) is 2. The molecule has 0 aromatic heterocycles. The lowest BCUT2D eigenvalue weighted by atomic mass is 10.1. The predicted octanol–water partition coefficient (Wildman–Crippen LogP) is 0.521. The summed E-state index contributed by atoms with van der Waals surface area (Å²) in [7, 11) is 0. The van der Waals surface area contributed by atoms with Crippen molar-refractivity contribution in [2.45, 2.75) is 26.3 Å². The van der Waals surface area contributed by atoms with E-state index in [0.29, 0.717) is 6.04 Å². The van der Waals surface area contributed by atoms with Crippen LogP contribution in [0.3, 0.4) is 0 Å². The molecule has 0 aromatic rings. The summed E-state index contributed by atoms with van der Waals surface area (Å²) in [5.74, 6) is 0. The molecule has 3 saturated heterocycles. The Kier molecular flexibility index (Phi) is 3.65. The van der Waals surface area contributed by atoms with Gasteiger partial charge in [-0.1, -0.05) is 13.8 Å². The Bertz CT molecular complexity index is 181. The number of quaternary nitrogens is 1. The number of hydrogen-bond acceptors (Lipinski definition) is 2. The number of piperazine rings is 3. The molecule has 0 radical (unpaired) electrons. The lowest BCUT2D eigenvalue weighted by Crippen LogP contribution is -2.67. The maximum Gasteiger partial charge on any atom is 0.0916 e. The average molecular weight is 212 g/mol. The van der Waals surface area contributed by atoms with E-state index in [-0.39, 0.29) is 0 Å². The zero-order valence-corrected chi connectivity index (χ0v) is 10.3. The topological polar surface area (TPSA) is 15.3 Å². The maximum absolute atomic E-state index is 3.52. The van der Waals surface area contributed by atoms with Crippen LogP contribution in [0.2, 0.25) is 0 Å². The van der Waals surface area contributed by atoms with E-state index < -0.39 is 0 Å². The molecule has 3 aliphatic rings. The van der Waals surface area contributed by atoms with Crippen LogP contribution >= 0.6 is 0 Å². The molecule has 0 unspecified atom stereocenters. The minimum absolute atomic E-state index is 0.642. The Balaban J connectivity index is 1.69. The van der Waals surface area contributed by atoms with Crippen LogP contribution in [0.15, 0.2) is 0 Å².